The molecular weight excluding hydrogens is 384 g/mol. The van der Waals surface area contributed by atoms with Gasteiger partial charge in [0.15, 0.2) is 11.0 Å². The fraction of sp³-hybridized carbons (Fsp3) is 0.190. The van der Waals surface area contributed by atoms with Crippen LogP contribution in [-0.4, -0.2) is 29.9 Å². The average molecular weight is 404 g/mol. The van der Waals surface area contributed by atoms with Gasteiger partial charge in [0.2, 0.25) is 11.7 Å². The standard InChI is InChI=1S/C21H20N6OS/c1-3-13-27-20(17-9-11-22-12-10-17)24-25-21(27)29-14-18-23-19(26-28-18)16-7-5-15(4-2)6-8-16/h3,5-12H,1,4,13-14H2,2H3. The molecule has 0 spiro atoms. The number of nitrogens with zero attached hydrogens (tertiary/aromatic N) is 6. The van der Waals surface area contributed by atoms with Crippen molar-refractivity contribution in [1.82, 2.24) is 29.9 Å². The molecule has 0 bridgehead atoms. The molecule has 8 heteroatoms. The Hall–Kier alpha value is -3.26. The van der Waals surface area contributed by atoms with Crippen LogP contribution in [0.25, 0.3) is 22.8 Å². The Kier molecular flexibility index (Phi) is 5.81. The van der Waals surface area contributed by atoms with Gasteiger partial charge in [0.05, 0.1) is 5.75 Å². The molecule has 0 aliphatic carbocycles. The molecule has 7 nitrogen and oxygen atoms in total. The fourth-order valence-electron chi connectivity index (χ4n) is 2.85. The summed E-state index contributed by atoms with van der Waals surface area (Å²) in [6.45, 7) is 6.57. The summed E-state index contributed by atoms with van der Waals surface area (Å²) in [6, 6.07) is 12.0. The summed E-state index contributed by atoms with van der Waals surface area (Å²) >= 11 is 1.50. The first kappa shape index (κ1) is 19.1. The molecule has 0 atom stereocenters. The molecule has 3 heterocycles. The summed E-state index contributed by atoms with van der Waals surface area (Å²) in [4.78, 5) is 8.56. The summed E-state index contributed by atoms with van der Waals surface area (Å²) in [7, 11) is 0. The topological polar surface area (TPSA) is 82.5 Å². The maximum atomic E-state index is 5.42. The SMILES string of the molecule is C=CCn1c(SCc2nc(-c3ccc(CC)cc3)no2)nnc1-c1ccncc1. The van der Waals surface area contributed by atoms with Crippen LogP contribution in [0.3, 0.4) is 0 Å². The number of hydrogen-bond acceptors (Lipinski definition) is 7. The molecule has 0 amide bonds. The van der Waals surface area contributed by atoms with Crippen LogP contribution < -0.4 is 0 Å². The van der Waals surface area contributed by atoms with Gasteiger partial charge in [-0.1, -0.05) is 54.2 Å². The zero-order valence-electron chi connectivity index (χ0n) is 16.0. The molecule has 29 heavy (non-hydrogen) atoms. The third-order valence-corrected chi connectivity index (χ3v) is 5.33. The van der Waals surface area contributed by atoms with Crippen LogP contribution in [0.4, 0.5) is 0 Å². The molecule has 0 fully saturated rings. The first-order valence-electron chi connectivity index (χ1n) is 9.27. The molecule has 0 unspecified atom stereocenters. The zero-order chi connectivity index (χ0) is 20.1. The number of benzene rings is 1. The van der Waals surface area contributed by atoms with E-state index in [2.05, 4.69) is 51.0 Å². The van der Waals surface area contributed by atoms with Crippen molar-refractivity contribution in [2.24, 2.45) is 0 Å². The molecular formula is C21H20N6OS. The van der Waals surface area contributed by atoms with Crippen molar-refractivity contribution in [1.29, 1.82) is 0 Å². The Balaban J connectivity index is 1.50. The van der Waals surface area contributed by atoms with Gasteiger partial charge in [0.25, 0.3) is 0 Å². The number of aromatic nitrogens is 6. The largest absolute Gasteiger partial charge is 0.338 e. The van der Waals surface area contributed by atoms with Gasteiger partial charge in [-0.05, 0) is 24.1 Å². The predicted molar refractivity (Wildman–Crippen MR) is 112 cm³/mol. The minimum absolute atomic E-state index is 0.506. The predicted octanol–water partition coefficient (Wildman–Crippen LogP) is 4.43. The second kappa shape index (κ2) is 8.83. The number of pyridine rings is 1. The second-order valence-electron chi connectivity index (χ2n) is 6.29. The van der Waals surface area contributed by atoms with Gasteiger partial charge >= 0.3 is 0 Å². The highest BCUT2D eigenvalue weighted by Crippen LogP contribution is 2.26. The molecule has 0 radical (unpaired) electrons. The summed E-state index contributed by atoms with van der Waals surface area (Å²) in [5.74, 6) is 2.42. The number of thioether (sulfide) groups is 1. The van der Waals surface area contributed by atoms with E-state index in [4.69, 9.17) is 4.52 Å². The smallest absolute Gasteiger partial charge is 0.237 e. The van der Waals surface area contributed by atoms with Crippen molar-refractivity contribution in [2.45, 2.75) is 30.8 Å². The van der Waals surface area contributed by atoms with Gasteiger partial charge in [-0.15, -0.1) is 16.8 Å². The number of allylic oxidation sites excluding steroid dienone is 1. The van der Waals surface area contributed by atoms with Gasteiger partial charge in [0, 0.05) is 30.1 Å². The molecule has 3 aromatic heterocycles. The first-order chi connectivity index (χ1) is 14.3. The maximum absolute atomic E-state index is 5.42. The van der Waals surface area contributed by atoms with E-state index in [1.807, 2.05) is 34.9 Å². The highest BCUT2D eigenvalue weighted by atomic mass is 32.2. The van der Waals surface area contributed by atoms with Crippen LogP contribution in [0.2, 0.25) is 0 Å². The van der Waals surface area contributed by atoms with Gasteiger partial charge in [0.1, 0.15) is 0 Å². The molecule has 1 aromatic carbocycles. The van der Waals surface area contributed by atoms with Crippen LogP contribution in [-0.2, 0) is 18.7 Å². The van der Waals surface area contributed by atoms with Crippen LogP contribution in [0.15, 0.2) is 71.1 Å². The van der Waals surface area contributed by atoms with E-state index in [-0.39, 0.29) is 0 Å². The third-order valence-electron chi connectivity index (χ3n) is 4.38. The van der Waals surface area contributed by atoms with E-state index in [0.29, 0.717) is 24.0 Å². The van der Waals surface area contributed by atoms with Crippen molar-refractivity contribution in [3.63, 3.8) is 0 Å². The molecule has 0 saturated carbocycles. The normalized spacial score (nSPS) is 10.9. The van der Waals surface area contributed by atoms with Crippen LogP contribution in [0.1, 0.15) is 18.4 Å². The molecule has 146 valence electrons. The summed E-state index contributed by atoms with van der Waals surface area (Å²) < 4.78 is 7.43. The van der Waals surface area contributed by atoms with Crippen molar-refractivity contribution < 1.29 is 4.52 Å². The van der Waals surface area contributed by atoms with E-state index in [9.17, 15) is 0 Å². The number of aryl methyl sites for hydroxylation is 1. The van der Waals surface area contributed by atoms with Crippen LogP contribution in [0, 0.1) is 0 Å². The van der Waals surface area contributed by atoms with E-state index in [1.54, 1.807) is 12.4 Å². The molecule has 0 saturated heterocycles. The Morgan fingerprint density at radius 1 is 1.07 bits per heavy atom. The maximum Gasteiger partial charge on any atom is 0.237 e. The Morgan fingerprint density at radius 3 is 2.59 bits per heavy atom. The van der Waals surface area contributed by atoms with Crippen molar-refractivity contribution in [3.05, 3.63) is 72.9 Å². The lowest BCUT2D eigenvalue weighted by Gasteiger charge is -2.06. The van der Waals surface area contributed by atoms with Crippen LogP contribution in [0.5, 0.6) is 0 Å². The third kappa shape index (κ3) is 4.27. The highest BCUT2D eigenvalue weighted by Gasteiger charge is 2.15. The minimum Gasteiger partial charge on any atom is -0.338 e. The lowest BCUT2D eigenvalue weighted by atomic mass is 10.1. The first-order valence-corrected chi connectivity index (χ1v) is 10.3. The van der Waals surface area contributed by atoms with Gasteiger partial charge in [-0.3, -0.25) is 9.55 Å². The van der Waals surface area contributed by atoms with Gasteiger partial charge in [-0.25, -0.2) is 0 Å². The minimum atomic E-state index is 0.506. The Bertz CT molecular complexity index is 1090. The fourth-order valence-corrected chi connectivity index (χ4v) is 3.64. The van der Waals surface area contributed by atoms with E-state index in [1.165, 1.54) is 17.3 Å². The molecule has 0 N–H and O–H groups in total. The number of rotatable bonds is 8. The van der Waals surface area contributed by atoms with Gasteiger partial charge < -0.3 is 4.52 Å². The van der Waals surface area contributed by atoms with Crippen molar-refractivity contribution in [2.75, 3.05) is 0 Å². The average Bonchev–Trinajstić information content (AvgIpc) is 3.40. The van der Waals surface area contributed by atoms with Crippen molar-refractivity contribution >= 4 is 11.8 Å². The van der Waals surface area contributed by atoms with Gasteiger partial charge in [-0.2, -0.15) is 4.98 Å². The highest BCUT2D eigenvalue weighted by molar-refractivity contribution is 7.98. The summed E-state index contributed by atoms with van der Waals surface area (Å²) in [5, 5.41) is 13.5. The van der Waals surface area contributed by atoms with E-state index >= 15 is 0 Å². The zero-order valence-corrected chi connectivity index (χ0v) is 16.8. The Morgan fingerprint density at radius 2 is 1.86 bits per heavy atom. The van der Waals surface area contributed by atoms with Crippen molar-refractivity contribution in [3.8, 4) is 22.8 Å². The molecule has 0 aliphatic rings. The quantitative estimate of drug-likeness (QED) is 0.317. The second-order valence-corrected chi connectivity index (χ2v) is 7.23. The monoisotopic (exact) mass is 404 g/mol. The van der Waals surface area contributed by atoms with Crippen LogP contribution >= 0.6 is 11.8 Å². The number of hydrogen-bond donors (Lipinski definition) is 0. The van der Waals surface area contributed by atoms with E-state index in [0.717, 1.165) is 28.5 Å². The lowest BCUT2D eigenvalue weighted by molar-refractivity contribution is 0.391. The molecule has 0 aliphatic heterocycles. The summed E-state index contributed by atoms with van der Waals surface area (Å²) in [6.07, 6.45) is 6.30. The summed E-state index contributed by atoms with van der Waals surface area (Å²) in [5.41, 5.74) is 3.17. The molecule has 4 aromatic rings. The molecule has 4 rings (SSSR count). The Labute approximate surface area is 172 Å². The van der Waals surface area contributed by atoms with E-state index < -0.39 is 0 Å². The lowest BCUT2D eigenvalue weighted by Crippen LogP contribution is -2.00.